The molecule has 1 heterocycles. The van der Waals surface area contributed by atoms with E-state index in [2.05, 4.69) is 5.10 Å². The summed E-state index contributed by atoms with van der Waals surface area (Å²) in [6.07, 6.45) is -4.92. The van der Waals surface area contributed by atoms with Crippen LogP contribution in [-0.4, -0.2) is 29.3 Å². The quantitative estimate of drug-likeness (QED) is 0.604. The van der Waals surface area contributed by atoms with Crippen LogP contribution in [0.5, 0.6) is 0 Å². The van der Waals surface area contributed by atoms with Gasteiger partial charge in [-0.1, -0.05) is 35.9 Å². The Labute approximate surface area is 173 Å². The van der Waals surface area contributed by atoms with E-state index < -0.39 is 34.4 Å². The van der Waals surface area contributed by atoms with Gasteiger partial charge in [0.1, 0.15) is 12.2 Å². The highest BCUT2D eigenvalue weighted by Crippen LogP contribution is 2.43. The van der Waals surface area contributed by atoms with Crippen molar-refractivity contribution in [1.29, 1.82) is 0 Å². The number of sulfonamides is 1. The van der Waals surface area contributed by atoms with Gasteiger partial charge in [0.15, 0.2) is 5.69 Å². The molecule has 0 aliphatic carbocycles. The Balaban J connectivity index is 2.32. The lowest BCUT2D eigenvalue weighted by atomic mass is 9.98. The van der Waals surface area contributed by atoms with Gasteiger partial charge in [-0.05, 0) is 29.8 Å². The van der Waals surface area contributed by atoms with Crippen molar-refractivity contribution in [1.82, 2.24) is 9.78 Å². The molecule has 158 valence electrons. The number of benzene rings is 2. The van der Waals surface area contributed by atoms with Gasteiger partial charge in [-0.15, -0.1) is 0 Å². The number of alkyl halides is 3. The Morgan fingerprint density at radius 1 is 1.07 bits per heavy atom. The van der Waals surface area contributed by atoms with Crippen LogP contribution in [0.4, 0.5) is 13.2 Å². The maximum absolute atomic E-state index is 13.9. The molecule has 0 aliphatic rings. The van der Waals surface area contributed by atoms with E-state index in [0.29, 0.717) is 9.70 Å². The molecule has 0 fully saturated rings. The van der Waals surface area contributed by atoms with E-state index in [1.807, 2.05) is 0 Å². The molecular formula is C18H13ClF3N3O4S. The van der Waals surface area contributed by atoms with Gasteiger partial charge < -0.3 is 5.11 Å². The number of halogens is 4. The lowest BCUT2D eigenvalue weighted by molar-refractivity contribution is -0.146. The van der Waals surface area contributed by atoms with Crippen molar-refractivity contribution in [3.8, 4) is 22.4 Å². The first kappa shape index (κ1) is 21.8. The number of hydrogen-bond donors (Lipinski definition) is 2. The van der Waals surface area contributed by atoms with Crippen molar-refractivity contribution in [2.75, 3.05) is 0 Å². The Hall–Kier alpha value is -2.89. The Morgan fingerprint density at radius 2 is 1.60 bits per heavy atom. The molecule has 12 heteroatoms. The number of nitrogens with zero attached hydrogens (tertiary/aromatic N) is 2. The number of hydrogen-bond acceptors (Lipinski definition) is 4. The van der Waals surface area contributed by atoms with Crippen LogP contribution in [-0.2, 0) is 27.5 Å². The van der Waals surface area contributed by atoms with Gasteiger partial charge in [-0.2, -0.15) is 18.3 Å². The molecule has 0 bridgehead atoms. The van der Waals surface area contributed by atoms with Crippen LogP contribution in [0.15, 0.2) is 53.4 Å². The first-order valence-corrected chi connectivity index (χ1v) is 10.1. The van der Waals surface area contributed by atoms with Crippen LogP contribution in [0.3, 0.4) is 0 Å². The predicted molar refractivity (Wildman–Crippen MR) is 102 cm³/mol. The van der Waals surface area contributed by atoms with Gasteiger partial charge >= 0.3 is 12.1 Å². The van der Waals surface area contributed by atoms with Crippen molar-refractivity contribution < 1.29 is 31.5 Å². The molecule has 0 saturated heterocycles. The topological polar surface area (TPSA) is 115 Å². The van der Waals surface area contributed by atoms with E-state index in [9.17, 15) is 26.4 Å². The van der Waals surface area contributed by atoms with Crippen LogP contribution in [0.1, 0.15) is 5.69 Å². The number of aromatic nitrogens is 2. The first-order valence-electron chi connectivity index (χ1n) is 8.17. The van der Waals surface area contributed by atoms with E-state index in [0.717, 1.165) is 12.1 Å². The third-order valence-electron chi connectivity index (χ3n) is 4.10. The monoisotopic (exact) mass is 459 g/mol. The molecule has 1 aromatic heterocycles. The average molecular weight is 460 g/mol. The third-order valence-corrected chi connectivity index (χ3v) is 5.28. The molecule has 0 radical (unpaired) electrons. The lowest BCUT2D eigenvalue weighted by Gasteiger charge is -2.12. The van der Waals surface area contributed by atoms with Crippen molar-refractivity contribution in [3.63, 3.8) is 0 Å². The minimum Gasteiger partial charge on any atom is -0.480 e. The second kappa shape index (κ2) is 7.74. The fourth-order valence-electron chi connectivity index (χ4n) is 2.89. The number of aliphatic carboxylic acids is 1. The summed E-state index contributed by atoms with van der Waals surface area (Å²) in [5.74, 6) is -1.51. The second-order valence-electron chi connectivity index (χ2n) is 6.20. The lowest BCUT2D eigenvalue weighted by Crippen LogP contribution is -2.19. The Morgan fingerprint density at radius 3 is 2.07 bits per heavy atom. The van der Waals surface area contributed by atoms with Gasteiger partial charge in [-0.25, -0.2) is 18.2 Å². The zero-order chi connectivity index (χ0) is 22.3. The van der Waals surface area contributed by atoms with Crippen molar-refractivity contribution in [2.45, 2.75) is 17.6 Å². The van der Waals surface area contributed by atoms with Gasteiger partial charge in [-0.3, -0.25) is 4.79 Å². The van der Waals surface area contributed by atoms with Crippen LogP contribution >= 0.6 is 11.6 Å². The van der Waals surface area contributed by atoms with Gasteiger partial charge in [0, 0.05) is 16.1 Å². The highest BCUT2D eigenvalue weighted by Gasteiger charge is 2.41. The molecule has 3 N–H and O–H groups in total. The third kappa shape index (κ3) is 4.48. The van der Waals surface area contributed by atoms with Crippen LogP contribution in [0, 0.1) is 0 Å². The molecule has 0 amide bonds. The zero-order valence-electron chi connectivity index (χ0n) is 14.9. The van der Waals surface area contributed by atoms with Crippen molar-refractivity contribution in [2.24, 2.45) is 5.14 Å². The van der Waals surface area contributed by atoms with E-state index in [4.69, 9.17) is 21.8 Å². The molecule has 0 saturated carbocycles. The largest absolute Gasteiger partial charge is 0.480 e. The summed E-state index contributed by atoms with van der Waals surface area (Å²) < 4.78 is 64.9. The Bertz CT molecular complexity index is 1210. The SMILES string of the molecule is NS(=O)(=O)c1ccc(-c2nn(CC(=O)O)c(C(F)(F)F)c2-c2ccc(Cl)cc2)cc1. The average Bonchev–Trinajstić information content (AvgIpc) is 3.00. The number of carboxylic acid groups (broad SMARTS) is 1. The zero-order valence-corrected chi connectivity index (χ0v) is 16.5. The first-order chi connectivity index (χ1) is 13.9. The van der Waals surface area contributed by atoms with Gasteiger partial charge in [0.25, 0.3) is 0 Å². The smallest absolute Gasteiger partial charge is 0.433 e. The molecule has 30 heavy (non-hydrogen) atoms. The number of carboxylic acids is 1. The summed E-state index contributed by atoms with van der Waals surface area (Å²) >= 11 is 5.83. The molecule has 0 atom stereocenters. The van der Waals surface area contributed by atoms with E-state index >= 15 is 0 Å². The van der Waals surface area contributed by atoms with Crippen LogP contribution in [0.2, 0.25) is 5.02 Å². The summed E-state index contributed by atoms with van der Waals surface area (Å²) in [6.45, 7) is -1.02. The summed E-state index contributed by atoms with van der Waals surface area (Å²) in [5.41, 5.74) is -1.54. The second-order valence-corrected chi connectivity index (χ2v) is 8.20. The maximum atomic E-state index is 13.9. The Kier molecular flexibility index (Phi) is 5.63. The fraction of sp³-hybridized carbons (Fsp3) is 0.111. The summed E-state index contributed by atoms with van der Waals surface area (Å²) in [7, 11) is -4.01. The van der Waals surface area contributed by atoms with Crippen LogP contribution < -0.4 is 5.14 Å². The molecule has 0 unspecified atom stereocenters. The van der Waals surface area contributed by atoms with Gasteiger partial charge in [0.2, 0.25) is 10.0 Å². The summed E-state index contributed by atoms with van der Waals surface area (Å²) in [4.78, 5) is 10.9. The predicted octanol–water partition coefficient (Wildman–Crippen LogP) is 3.62. The molecule has 0 spiro atoms. The summed E-state index contributed by atoms with van der Waals surface area (Å²) in [5, 5.41) is 18.3. The minimum absolute atomic E-state index is 0.105. The number of primary sulfonamides is 1. The van der Waals surface area contributed by atoms with Crippen molar-refractivity contribution in [3.05, 3.63) is 59.2 Å². The highest BCUT2D eigenvalue weighted by molar-refractivity contribution is 7.89. The van der Waals surface area contributed by atoms with E-state index in [-0.39, 0.29) is 27.3 Å². The number of nitrogens with two attached hydrogens (primary N) is 1. The standard InChI is InChI=1S/C18H13ClF3N3O4S/c19-12-5-1-10(2-6-12)15-16(11-3-7-13(8-4-11)30(23,28)29)24-25(9-14(26)27)17(15)18(20,21)22/h1-8H,9H2,(H,26,27)(H2,23,28,29). The highest BCUT2D eigenvalue weighted by atomic mass is 35.5. The normalized spacial score (nSPS) is 12.2. The molecule has 3 rings (SSSR count). The molecule has 3 aromatic rings. The number of carbonyl (C=O) groups is 1. The molecule has 7 nitrogen and oxygen atoms in total. The fourth-order valence-corrected chi connectivity index (χ4v) is 3.53. The van der Waals surface area contributed by atoms with Crippen molar-refractivity contribution >= 4 is 27.6 Å². The molecule has 0 aliphatic heterocycles. The molecular weight excluding hydrogens is 447 g/mol. The van der Waals surface area contributed by atoms with Crippen LogP contribution in [0.25, 0.3) is 22.4 Å². The summed E-state index contributed by atoms with van der Waals surface area (Å²) in [6, 6.07) is 10.2. The van der Waals surface area contributed by atoms with E-state index in [1.165, 1.54) is 36.4 Å². The number of rotatable bonds is 5. The van der Waals surface area contributed by atoms with E-state index in [1.54, 1.807) is 0 Å². The minimum atomic E-state index is -4.92. The van der Waals surface area contributed by atoms with Gasteiger partial charge in [0.05, 0.1) is 4.90 Å². The molecule has 2 aromatic carbocycles. The maximum Gasteiger partial charge on any atom is 0.433 e.